The second-order valence-electron chi connectivity index (χ2n) is 3.41. The first-order chi connectivity index (χ1) is 7.00. The van der Waals surface area contributed by atoms with Crippen molar-refractivity contribution in [2.45, 2.75) is 11.8 Å². The van der Waals surface area contributed by atoms with E-state index >= 15 is 0 Å². The van der Waals surface area contributed by atoms with Gasteiger partial charge in [-0.1, -0.05) is 36.4 Å². The summed E-state index contributed by atoms with van der Waals surface area (Å²) in [7, 11) is -4.16. The van der Waals surface area contributed by atoms with Crippen LogP contribution < -0.4 is 0 Å². The standard InChI is InChI=1S/C11H10O3S.Cs.Fr/c1-8-6-7-9-4-2-3-5-10(9)11(8)15(12,13)14;;/h2-7H,1H3,(H,12,13,14);;. The van der Waals surface area contributed by atoms with Crippen molar-refractivity contribution in [1.29, 1.82) is 0 Å². The van der Waals surface area contributed by atoms with Crippen LogP contribution in [0.3, 0.4) is 0 Å². The predicted molar refractivity (Wildman–Crippen MR) is 64.3 cm³/mol. The third-order valence-electron chi connectivity index (χ3n) is 2.33. The van der Waals surface area contributed by atoms with Gasteiger partial charge in [0, 0.05) is 124 Å². The average Bonchev–Trinajstić information content (AvgIpc) is 2.15. The molecule has 0 aliphatic carbocycles. The van der Waals surface area contributed by atoms with Crippen molar-refractivity contribution < 1.29 is 62.8 Å². The molecule has 0 amide bonds. The Morgan fingerprint density at radius 3 is 2.24 bits per heavy atom. The molecule has 3 nitrogen and oxygen atoms in total. The Hall–Kier alpha value is 2.26. The molecule has 0 saturated carbocycles. The van der Waals surface area contributed by atoms with Crippen LogP contribution in [0, 0.1) is 56.8 Å². The van der Waals surface area contributed by atoms with Gasteiger partial charge in [0.2, 0.25) is 0 Å². The van der Waals surface area contributed by atoms with E-state index in [4.69, 9.17) is 4.55 Å². The second kappa shape index (κ2) is 7.89. The Labute approximate surface area is 201 Å². The summed E-state index contributed by atoms with van der Waals surface area (Å²) in [4.78, 5) is 0.000556. The maximum absolute atomic E-state index is 11.2. The van der Waals surface area contributed by atoms with Crippen molar-refractivity contribution in [1.82, 2.24) is 0 Å². The first kappa shape index (κ1) is 19.3. The summed E-state index contributed by atoms with van der Waals surface area (Å²) in [5.74, 6) is 0. The third-order valence-corrected chi connectivity index (χ3v) is 3.39. The fraction of sp³-hybridized carbons (Fsp3) is 0.0909. The smallest absolute Gasteiger partial charge is 0.282 e. The van der Waals surface area contributed by atoms with Gasteiger partial charge in [0.15, 0.2) is 0 Å². The molecule has 80 valence electrons. The predicted octanol–water partition coefficient (Wildman–Crippen LogP) is 2.01. The summed E-state index contributed by atoms with van der Waals surface area (Å²) in [6.45, 7) is 1.66. The van der Waals surface area contributed by atoms with Crippen LogP contribution >= 0.6 is 0 Å². The molecule has 0 aliphatic heterocycles. The van der Waals surface area contributed by atoms with Crippen molar-refractivity contribution in [3.8, 4) is 0 Å². The molecule has 0 heterocycles. The summed E-state index contributed by atoms with van der Waals surface area (Å²) in [5, 5.41) is 1.36. The van der Waals surface area contributed by atoms with Gasteiger partial charge in [0.25, 0.3) is 10.1 Å². The molecule has 2 rings (SSSR count). The van der Waals surface area contributed by atoms with Gasteiger partial charge in [-0.05, 0) is 17.9 Å². The van der Waals surface area contributed by atoms with E-state index in [-0.39, 0.29) is 124 Å². The molecule has 0 saturated heterocycles. The summed E-state index contributed by atoms with van der Waals surface area (Å²) in [5.41, 5.74) is 0.552. The largest absolute Gasteiger partial charge is 0.295 e. The molecule has 2 radical (unpaired) electrons. The van der Waals surface area contributed by atoms with E-state index in [1.165, 1.54) is 0 Å². The summed E-state index contributed by atoms with van der Waals surface area (Å²) in [6, 6.07) is 10.6. The van der Waals surface area contributed by atoms with Gasteiger partial charge in [0.05, 0.1) is 0 Å². The molecular weight excluding hydrogens is 568 g/mol. The molecule has 0 aliphatic rings. The fourth-order valence-electron chi connectivity index (χ4n) is 1.69. The van der Waals surface area contributed by atoms with Crippen LogP contribution in [0.1, 0.15) is 5.56 Å². The maximum Gasteiger partial charge on any atom is 0.295 e. The molecular formula is C11H10CsFrO3S. The topological polar surface area (TPSA) is 54.4 Å². The van der Waals surface area contributed by atoms with Gasteiger partial charge < -0.3 is 0 Å². The zero-order valence-corrected chi connectivity index (χ0v) is 25.5. The number of fused-ring (bicyclic) bond motifs is 1. The van der Waals surface area contributed by atoms with E-state index in [9.17, 15) is 8.42 Å². The summed E-state index contributed by atoms with van der Waals surface area (Å²) >= 11 is 0. The van der Waals surface area contributed by atoms with Gasteiger partial charge in [-0.15, -0.1) is 0 Å². The fourth-order valence-corrected chi connectivity index (χ4v) is 2.63. The Bertz CT molecular complexity index is 626. The number of rotatable bonds is 1. The minimum absolute atomic E-state index is 0. The van der Waals surface area contributed by atoms with Gasteiger partial charge >= 0.3 is 0 Å². The van der Waals surface area contributed by atoms with E-state index < -0.39 is 10.1 Å². The van der Waals surface area contributed by atoms with Crippen LogP contribution in [-0.4, -0.2) is 81.9 Å². The zero-order valence-electron chi connectivity index (χ0n) is 10.1. The molecule has 0 spiro atoms. The average molecular weight is 578 g/mol. The normalized spacial score (nSPS) is 10.5. The molecule has 1 N–H and O–H groups in total. The van der Waals surface area contributed by atoms with Crippen molar-refractivity contribution >= 4 is 89.8 Å². The first-order valence-corrected chi connectivity index (χ1v) is 5.90. The van der Waals surface area contributed by atoms with Crippen molar-refractivity contribution in [2.24, 2.45) is 0 Å². The van der Waals surface area contributed by atoms with Gasteiger partial charge in [0.1, 0.15) is 4.90 Å². The molecule has 6 heteroatoms. The maximum atomic E-state index is 11.2. The van der Waals surface area contributed by atoms with Crippen molar-refractivity contribution in [2.75, 3.05) is 0 Å². The van der Waals surface area contributed by atoms with E-state index in [1.54, 1.807) is 25.1 Å². The summed E-state index contributed by atoms with van der Waals surface area (Å²) < 4.78 is 31.6. The molecule has 0 atom stereocenters. The molecule has 0 aromatic heterocycles. The Morgan fingerprint density at radius 1 is 1.06 bits per heavy atom. The van der Waals surface area contributed by atoms with E-state index in [0.29, 0.717) is 10.9 Å². The van der Waals surface area contributed by atoms with Crippen LogP contribution in [0.25, 0.3) is 10.8 Å². The Balaban J connectivity index is 0.00000128. The summed E-state index contributed by atoms with van der Waals surface area (Å²) in [6.07, 6.45) is 0. The molecule has 0 unspecified atom stereocenters. The van der Waals surface area contributed by atoms with Gasteiger partial charge in [-0.25, -0.2) is 0 Å². The van der Waals surface area contributed by atoms with E-state index in [0.717, 1.165) is 5.39 Å². The quantitative estimate of drug-likeness (QED) is 0.528. The number of aryl methyl sites for hydroxylation is 1. The van der Waals surface area contributed by atoms with Crippen LogP contribution in [0.2, 0.25) is 0 Å². The monoisotopic (exact) mass is 578 g/mol. The third kappa shape index (κ3) is 4.64. The van der Waals surface area contributed by atoms with E-state index in [1.807, 2.05) is 18.2 Å². The van der Waals surface area contributed by atoms with Crippen molar-refractivity contribution in [3.63, 3.8) is 0 Å². The molecule has 17 heavy (non-hydrogen) atoms. The number of benzene rings is 2. The minimum Gasteiger partial charge on any atom is -0.282 e. The first-order valence-electron chi connectivity index (χ1n) is 4.46. The molecule has 2 aromatic carbocycles. The van der Waals surface area contributed by atoms with Gasteiger partial charge in [-0.2, -0.15) is 8.42 Å². The van der Waals surface area contributed by atoms with Crippen LogP contribution in [0.15, 0.2) is 41.3 Å². The van der Waals surface area contributed by atoms with Crippen LogP contribution in [-0.2, 0) is 10.1 Å². The van der Waals surface area contributed by atoms with Gasteiger partial charge in [-0.3, -0.25) is 4.55 Å². The molecule has 0 bridgehead atoms. The van der Waals surface area contributed by atoms with Crippen LogP contribution in [0.4, 0.5) is 0 Å². The molecule has 0 fully saturated rings. The van der Waals surface area contributed by atoms with Crippen LogP contribution in [0.5, 0.6) is 0 Å². The minimum atomic E-state index is -4.16. The SMILES string of the molecule is Cc1ccc2ccccc2c1S(=O)(=O)O.[Cs].[Fr]. The number of hydrogen-bond donors (Lipinski definition) is 1. The number of hydrogen-bond acceptors (Lipinski definition) is 2. The Morgan fingerprint density at radius 2 is 1.65 bits per heavy atom. The zero-order chi connectivity index (χ0) is 11.1. The van der Waals surface area contributed by atoms with Crippen molar-refractivity contribution in [3.05, 3.63) is 42.0 Å². The Kier molecular flexibility index (Phi) is 8.94. The second-order valence-corrected chi connectivity index (χ2v) is 4.77. The molecule has 2 aromatic rings. The van der Waals surface area contributed by atoms with E-state index in [2.05, 4.69) is 0 Å².